The van der Waals surface area contributed by atoms with E-state index in [9.17, 15) is 0 Å². The Labute approximate surface area is 109 Å². The first kappa shape index (κ1) is 13.3. The van der Waals surface area contributed by atoms with Gasteiger partial charge in [-0.2, -0.15) is 0 Å². The molecule has 1 atom stereocenters. The molecule has 1 aromatic rings. The fourth-order valence-electron chi connectivity index (χ4n) is 2.47. The Morgan fingerprint density at radius 1 is 1.33 bits per heavy atom. The summed E-state index contributed by atoms with van der Waals surface area (Å²) < 4.78 is 5.65. The van der Waals surface area contributed by atoms with Crippen LogP contribution in [0.15, 0.2) is 24.3 Å². The molecule has 1 unspecified atom stereocenters. The average Bonchev–Trinajstić information content (AvgIpc) is 2.40. The molecule has 1 fully saturated rings. The van der Waals surface area contributed by atoms with E-state index in [1.165, 1.54) is 11.3 Å². The summed E-state index contributed by atoms with van der Waals surface area (Å²) in [5, 5.41) is 0. The maximum absolute atomic E-state index is 6.03. The molecular weight excluding hydrogens is 226 g/mol. The lowest BCUT2D eigenvalue weighted by atomic mass is 9.88. The molecule has 2 N–H and O–H groups in total. The molecule has 18 heavy (non-hydrogen) atoms. The van der Waals surface area contributed by atoms with Crippen LogP contribution >= 0.6 is 0 Å². The van der Waals surface area contributed by atoms with Crippen LogP contribution in [0.25, 0.3) is 0 Å². The van der Waals surface area contributed by atoms with Crippen LogP contribution < -0.4 is 10.6 Å². The maximum atomic E-state index is 6.03. The average molecular weight is 249 g/mol. The molecule has 0 bridgehead atoms. The van der Waals surface area contributed by atoms with Crippen LogP contribution in [0.2, 0.25) is 0 Å². The second-order valence-electron chi connectivity index (χ2n) is 5.15. The van der Waals surface area contributed by atoms with Gasteiger partial charge in [-0.3, -0.25) is 4.90 Å². The van der Waals surface area contributed by atoms with Crippen molar-refractivity contribution < 1.29 is 4.74 Å². The number of benzene rings is 1. The van der Waals surface area contributed by atoms with Crippen LogP contribution in [-0.2, 0) is 10.3 Å². The first-order valence-corrected chi connectivity index (χ1v) is 6.37. The minimum absolute atomic E-state index is 0.177. The van der Waals surface area contributed by atoms with E-state index in [1.54, 1.807) is 0 Å². The zero-order valence-corrected chi connectivity index (χ0v) is 11.5. The number of hydrogen-bond donors (Lipinski definition) is 1. The maximum Gasteiger partial charge on any atom is 0.0819 e. The van der Waals surface area contributed by atoms with Gasteiger partial charge in [-0.1, -0.05) is 12.1 Å². The molecule has 0 spiro atoms. The Kier molecular flexibility index (Phi) is 3.90. The van der Waals surface area contributed by atoms with Gasteiger partial charge in [-0.05, 0) is 24.7 Å². The third-order valence-electron chi connectivity index (χ3n) is 3.90. The summed E-state index contributed by atoms with van der Waals surface area (Å²) in [6.45, 7) is 2.95. The van der Waals surface area contributed by atoms with Gasteiger partial charge in [-0.25, -0.2) is 0 Å². The van der Waals surface area contributed by atoms with Crippen molar-refractivity contribution >= 4 is 5.69 Å². The Hall–Kier alpha value is -1.10. The predicted molar refractivity (Wildman–Crippen MR) is 75.0 cm³/mol. The van der Waals surface area contributed by atoms with Crippen LogP contribution in [0, 0.1) is 0 Å². The number of nitrogens with zero attached hydrogens (tertiary/aromatic N) is 2. The van der Waals surface area contributed by atoms with E-state index in [0.29, 0.717) is 13.2 Å². The summed E-state index contributed by atoms with van der Waals surface area (Å²) >= 11 is 0. The Balaban J connectivity index is 2.32. The smallest absolute Gasteiger partial charge is 0.0819 e. The van der Waals surface area contributed by atoms with Gasteiger partial charge in [-0.15, -0.1) is 0 Å². The highest BCUT2D eigenvalue weighted by molar-refractivity contribution is 5.47. The largest absolute Gasteiger partial charge is 0.378 e. The predicted octanol–water partition coefficient (Wildman–Crippen LogP) is 0.869. The highest BCUT2D eigenvalue weighted by atomic mass is 16.5. The second kappa shape index (κ2) is 5.26. The summed E-state index contributed by atoms with van der Waals surface area (Å²) in [6, 6.07) is 8.59. The molecule has 0 radical (unpaired) electrons. The quantitative estimate of drug-likeness (QED) is 0.863. The van der Waals surface area contributed by atoms with E-state index in [-0.39, 0.29) is 5.54 Å². The van der Waals surface area contributed by atoms with Gasteiger partial charge in [0.1, 0.15) is 0 Å². The molecule has 4 nitrogen and oxygen atoms in total. The summed E-state index contributed by atoms with van der Waals surface area (Å²) in [5.74, 6) is 0. The molecule has 0 aromatic heterocycles. The van der Waals surface area contributed by atoms with Crippen molar-refractivity contribution in [3.63, 3.8) is 0 Å². The molecular formula is C14H23N3O. The molecule has 1 aliphatic rings. The summed E-state index contributed by atoms with van der Waals surface area (Å²) in [6.07, 6.45) is 0. The van der Waals surface area contributed by atoms with Crippen molar-refractivity contribution in [2.75, 3.05) is 52.3 Å². The molecule has 0 amide bonds. The Bertz CT molecular complexity index is 391. The molecule has 1 saturated heterocycles. The third-order valence-corrected chi connectivity index (χ3v) is 3.90. The number of rotatable bonds is 3. The van der Waals surface area contributed by atoms with E-state index >= 15 is 0 Å². The molecule has 4 heteroatoms. The molecule has 2 rings (SSSR count). The van der Waals surface area contributed by atoms with Gasteiger partial charge in [0.25, 0.3) is 0 Å². The van der Waals surface area contributed by atoms with Crippen LogP contribution in [0.3, 0.4) is 0 Å². The van der Waals surface area contributed by atoms with Crippen molar-refractivity contribution in [3.05, 3.63) is 29.8 Å². The normalized spacial score (nSPS) is 25.1. The standard InChI is InChI=1S/C14H23N3O/c1-16(2)13-6-4-12(5-7-13)14(10-15)11-18-9-8-17(14)3/h4-7H,8-11,15H2,1-3H3. The zero-order chi connectivity index (χ0) is 13.2. The first-order valence-electron chi connectivity index (χ1n) is 6.37. The highest BCUT2D eigenvalue weighted by Crippen LogP contribution is 2.30. The number of nitrogens with two attached hydrogens (primary N) is 1. The number of ether oxygens (including phenoxy) is 1. The molecule has 0 saturated carbocycles. The second-order valence-corrected chi connectivity index (χ2v) is 5.15. The number of hydrogen-bond acceptors (Lipinski definition) is 4. The van der Waals surface area contributed by atoms with Gasteiger partial charge in [0.15, 0.2) is 0 Å². The van der Waals surface area contributed by atoms with E-state index < -0.39 is 0 Å². The third kappa shape index (κ3) is 2.23. The van der Waals surface area contributed by atoms with Crippen LogP contribution in [-0.4, -0.2) is 52.3 Å². The van der Waals surface area contributed by atoms with Gasteiger partial charge < -0.3 is 15.4 Å². The molecule has 1 aromatic carbocycles. The summed E-state index contributed by atoms with van der Waals surface area (Å²) in [4.78, 5) is 4.40. The number of anilines is 1. The van der Waals surface area contributed by atoms with Crippen molar-refractivity contribution in [2.24, 2.45) is 5.73 Å². The zero-order valence-electron chi connectivity index (χ0n) is 11.5. The van der Waals surface area contributed by atoms with Crippen LogP contribution in [0.1, 0.15) is 5.56 Å². The number of likely N-dealkylation sites (N-methyl/N-ethyl adjacent to an activating group) is 1. The molecule has 1 heterocycles. The SMILES string of the molecule is CN(C)c1ccc(C2(CN)COCCN2C)cc1. The number of morpholine rings is 1. The van der Waals surface area contributed by atoms with Crippen molar-refractivity contribution in [3.8, 4) is 0 Å². The topological polar surface area (TPSA) is 41.7 Å². The van der Waals surface area contributed by atoms with Crippen molar-refractivity contribution in [1.82, 2.24) is 4.90 Å². The van der Waals surface area contributed by atoms with E-state index in [2.05, 4.69) is 41.1 Å². The monoisotopic (exact) mass is 249 g/mol. The summed E-state index contributed by atoms with van der Waals surface area (Å²) in [7, 11) is 6.21. The molecule has 1 aliphatic heterocycles. The van der Waals surface area contributed by atoms with Crippen LogP contribution in [0.5, 0.6) is 0 Å². The first-order chi connectivity index (χ1) is 8.60. The van der Waals surface area contributed by atoms with Gasteiger partial charge in [0.2, 0.25) is 0 Å². The molecule has 0 aliphatic carbocycles. The Morgan fingerprint density at radius 2 is 2.00 bits per heavy atom. The van der Waals surface area contributed by atoms with E-state index in [1.807, 2.05) is 14.1 Å². The Morgan fingerprint density at radius 3 is 2.50 bits per heavy atom. The highest BCUT2D eigenvalue weighted by Gasteiger charge is 2.37. The lowest BCUT2D eigenvalue weighted by molar-refractivity contribution is -0.0549. The lowest BCUT2D eigenvalue weighted by Gasteiger charge is -2.44. The molecule has 100 valence electrons. The minimum atomic E-state index is -0.177. The summed E-state index contributed by atoms with van der Waals surface area (Å²) in [5.41, 5.74) is 8.28. The fraction of sp³-hybridized carbons (Fsp3) is 0.571. The minimum Gasteiger partial charge on any atom is -0.378 e. The van der Waals surface area contributed by atoms with E-state index in [4.69, 9.17) is 10.5 Å². The van der Waals surface area contributed by atoms with Gasteiger partial charge in [0, 0.05) is 32.9 Å². The fourth-order valence-corrected chi connectivity index (χ4v) is 2.47. The van der Waals surface area contributed by atoms with Gasteiger partial charge >= 0.3 is 0 Å². The van der Waals surface area contributed by atoms with Crippen LogP contribution in [0.4, 0.5) is 5.69 Å². The van der Waals surface area contributed by atoms with Gasteiger partial charge in [0.05, 0.1) is 18.8 Å². The van der Waals surface area contributed by atoms with E-state index in [0.717, 1.165) is 13.2 Å². The lowest BCUT2D eigenvalue weighted by Crippen LogP contribution is -2.56. The van der Waals surface area contributed by atoms with Crippen molar-refractivity contribution in [2.45, 2.75) is 5.54 Å². The van der Waals surface area contributed by atoms with Crippen molar-refractivity contribution in [1.29, 1.82) is 0 Å².